The summed E-state index contributed by atoms with van der Waals surface area (Å²) in [5.41, 5.74) is 3.07. The molecule has 6 rings (SSSR count). The quantitative estimate of drug-likeness (QED) is 0.223. The van der Waals surface area contributed by atoms with Crippen LogP contribution in [-0.4, -0.2) is 42.3 Å². The topological polar surface area (TPSA) is 130 Å². The van der Waals surface area contributed by atoms with Crippen molar-refractivity contribution in [2.75, 3.05) is 11.9 Å². The summed E-state index contributed by atoms with van der Waals surface area (Å²) in [4.78, 5) is 31.4. The number of halogens is 2. The Kier molecular flexibility index (Phi) is 8.48. The summed E-state index contributed by atoms with van der Waals surface area (Å²) in [5.74, 6) is -0.308. The maximum Gasteiger partial charge on any atom is 0.340 e. The van der Waals surface area contributed by atoms with Gasteiger partial charge in [-0.1, -0.05) is 35.3 Å². The number of hydrogen-bond acceptors (Lipinski definition) is 8. The molecule has 0 saturated heterocycles. The van der Waals surface area contributed by atoms with Crippen LogP contribution in [0.5, 0.6) is 5.88 Å². The van der Waals surface area contributed by atoms with Crippen LogP contribution in [-0.2, 0) is 4.79 Å². The van der Waals surface area contributed by atoms with E-state index in [2.05, 4.69) is 25.7 Å². The molecule has 1 unspecified atom stereocenters. The highest BCUT2D eigenvalue weighted by Gasteiger charge is 2.26. The van der Waals surface area contributed by atoms with Crippen LogP contribution in [0.25, 0.3) is 28.3 Å². The summed E-state index contributed by atoms with van der Waals surface area (Å²) in [6.45, 7) is 5.50. The van der Waals surface area contributed by atoms with Gasteiger partial charge in [-0.15, -0.1) is 0 Å². The minimum atomic E-state index is -1.44. The van der Waals surface area contributed by atoms with Gasteiger partial charge in [0.15, 0.2) is 6.30 Å². The van der Waals surface area contributed by atoms with Crippen LogP contribution in [0.1, 0.15) is 63.5 Å². The number of aromatic nitrogens is 6. The molecule has 4 aromatic heterocycles. The van der Waals surface area contributed by atoms with E-state index in [-0.39, 0.29) is 11.8 Å². The molecule has 5 heterocycles. The van der Waals surface area contributed by atoms with Crippen molar-refractivity contribution in [3.63, 3.8) is 0 Å². The zero-order chi connectivity index (χ0) is 31.7. The summed E-state index contributed by atoms with van der Waals surface area (Å²) >= 11 is 6.35. The Labute approximate surface area is 263 Å². The molecule has 1 aliphatic heterocycles. The van der Waals surface area contributed by atoms with Crippen molar-refractivity contribution in [1.29, 1.82) is 0 Å². The largest absolute Gasteiger partial charge is 0.476 e. The molecule has 45 heavy (non-hydrogen) atoms. The molecule has 0 spiro atoms. The van der Waals surface area contributed by atoms with Crippen LogP contribution in [0.2, 0.25) is 5.02 Å². The van der Waals surface area contributed by atoms with Gasteiger partial charge in [-0.25, -0.2) is 18.5 Å². The van der Waals surface area contributed by atoms with Gasteiger partial charge in [-0.2, -0.15) is 5.10 Å². The van der Waals surface area contributed by atoms with Crippen LogP contribution in [0.15, 0.2) is 70.3 Å². The monoisotopic (exact) mass is 631 g/mol. The van der Waals surface area contributed by atoms with Gasteiger partial charge in [0.2, 0.25) is 5.91 Å². The highest BCUT2D eigenvalue weighted by atomic mass is 35.5. The Morgan fingerprint density at radius 1 is 1.18 bits per heavy atom. The van der Waals surface area contributed by atoms with E-state index in [0.29, 0.717) is 82.0 Å². The Morgan fingerprint density at radius 3 is 2.80 bits per heavy atom. The lowest BCUT2D eigenvalue weighted by Gasteiger charge is -2.20. The molecular formula is C32H31ClFN7O4. The summed E-state index contributed by atoms with van der Waals surface area (Å²) in [6, 6.07) is 12.2. The molecule has 3 atom stereocenters. The lowest BCUT2D eigenvalue weighted by Crippen LogP contribution is -2.22. The van der Waals surface area contributed by atoms with E-state index in [1.807, 2.05) is 19.9 Å². The number of benzene rings is 1. The normalized spacial score (nSPS) is 17.5. The average molecular weight is 632 g/mol. The second-order valence-electron chi connectivity index (χ2n) is 10.9. The lowest BCUT2D eigenvalue weighted by atomic mass is 9.88. The van der Waals surface area contributed by atoms with E-state index in [1.54, 1.807) is 48.8 Å². The SMILES string of the molecule is CCOc1cn(-c2ccc(Cl)cc2-c2ccc([C@H]3CCC[C@H](C)C(=O)Nc4cnn(C(C)F)c4-c4ccnc3c4)c(=O)o2)nn1. The van der Waals surface area contributed by atoms with Crippen molar-refractivity contribution in [2.24, 2.45) is 5.92 Å². The Morgan fingerprint density at radius 2 is 2.02 bits per heavy atom. The summed E-state index contributed by atoms with van der Waals surface area (Å²) in [6.07, 6.45) is 5.01. The first-order chi connectivity index (χ1) is 21.7. The van der Waals surface area contributed by atoms with Crippen LogP contribution in [0, 0.1) is 5.92 Å². The average Bonchev–Trinajstić information content (AvgIpc) is 3.67. The molecule has 1 amide bonds. The molecule has 1 aliphatic rings. The Hall–Kier alpha value is -4.84. The van der Waals surface area contributed by atoms with E-state index < -0.39 is 17.8 Å². The highest BCUT2D eigenvalue weighted by molar-refractivity contribution is 6.31. The van der Waals surface area contributed by atoms with Gasteiger partial charge in [-0.3, -0.25) is 9.78 Å². The molecule has 11 nitrogen and oxygen atoms in total. The summed E-state index contributed by atoms with van der Waals surface area (Å²) < 4.78 is 28.7. The van der Waals surface area contributed by atoms with Gasteiger partial charge in [0.25, 0.3) is 5.88 Å². The lowest BCUT2D eigenvalue weighted by molar-refractivity contribution is -0.119. The number of nitrogens with zero attached hydrogens (tertiary/aromatic N) is 6. The molecule has 5 aromatic rings. The molecule has 1 N–H and O–H groups in total. The number of ether oxygens (including phenoxy) is 1. The van der Waals surface area contributed by atoms with E-state index >= 15 is 0 Å². The van der Waals surface area contributed by atoms with Crippen molar-refractivity contribution >= 4 is 23.2 Å². The van der Waals surface area contributed by atoms with Crippen molar-refractivity contribution in [3.8, 4) is 34.1 Å². The number of anilines is 1. The Balaban J connectivity index is 1.43. The highest BCUT2D eigenvalue weighted by Crippen LogP contribution is 2.36. The third-order valence-electron chi connectivity index (χ3n) is 7.84. The summed E-state index contributed by atoms with van der Waals surface area (Å²) in [5, 5.41) is 15.7. The summed E-state index contributed by atoms with van der Waals surface area (Å²) in [7, 11) is 0. The second kappa shape index (κ2) is 12.6. The van der Waals surface area contributed by atoms with Gasteiger partial charge in [0.05, 0.1) is 36.1 Å². The number of carbonyl (C=O) groups is 1. The van der Waals surface area contributed by atoms with E-state index in [0.717, 1.165) is 0 Å². The molecule has 2 bridgehead atoms. The molecule has 0 saturated carbocycles. The van der Waals surface area contributed by atoms with E-state index in [9.17, 15) is 14.0 Å². The van der Waals surface area contributed by atoms with Crippen molar-refractivity contribution in [1.82, 2.24) is 29.8 Å². The molecule has 0 fully saturated rings. The zero-order valence-corrected chi connectivity index (χ0v) is 25.7. The number of carbonyl (C=O) groups excluding carboxylic acids is 1. The van der Waals surface area contributed by atoms with Crippen LogP contribution >= 0.6 is 11.6 Å². The van der Waals surface area contributed by atoms with Crippen molar-refractivity contribution in [2.45, 2.75) is 52.2 Å². The van der Waals surface area contributed by atoms with Gasteiger partial charge < -0.3 is 14.5 Å². The number of fused-ring (bicyclic) bond motifs is 4. The number of pyridine rings is 1. The first kappa shape index (κ1) is 30.2. The van der Waals surface area contributed by atoms with Gasteiger partial charge in [0.1, 0.15) is 5.76 Å². The van der Waals surface area contributed by atoms with Crippen LogP contribution in [0.3, 0.4) is 0 Å². The van der Waals surface area contributed by atoms with E-state index in [4.69, 9.17) is 20.8 Å². The fourth-order valence-electron chi connectivity index (χ4n) is 5.59. The van der Waals surface area contributed by atoms with Crippen molar-refractivity contribution in [3.05, 3.63) is 87.8 Å². The maximum atomic E-state index is 14.6. The molecular weight excluding hydrogens is 601 g/mol. The molecule has 0 aliphatic carbocycles. The van der Waals surface area contributed by atoms with Gasteiger partial charge in [0, 0.05) is 45.4 Å². The number of hydrogen-bond donors (Lipinski definition) is 1. The first-order valence-electron chi connectivity index (χ1n) is 14.7. The molecule has 13 heteroatoms. The minimum absolute atomic E-state index is 0.185. The maximum absolute atomic E-state index is 14.6. The standard InChI is InChI=1S/C32H31ClFN7O4/c1-4-44-29-17-40(39-38-29)27-10-8-21(33)15-24(27)28-11-9-23(32(43)45-28)22-7-5-6-18(2)31(42)37-26-16-36-41(19(3)34)30(26)20-12-13-35-25(22)14-20/h8-19,22H,4-7H2,1-3H3,(H,37,42)/t18-,19?,22+/m0/s1. The van der Waals surface area contributed by atoms with E-state index in [1.165, 1.54) is 22.5 Å². The van der Waals surface area contributed by atoms with Gasteiger partial charge >= 0.3 is 5.63 Å². The number of amides is 1. The first-order valence-corrected chi connectivity index (χ1v) is 15.1. The minimum Gasteiger partial charge on any atom is -0.476 e. The molecule has 0 radical (unpaired) electrons. The molecule has 1 aromatic carbocycles. The zero-order valence-electron chi connectivity index (χ0n) is 24.9. The number of alkyl halides is 1. The van der Waals surface area contributed by atoms with Crippen LogP contribution < -0.4 is 15.7 Å². The fraction of sp³-hybridized carbons (Fsp3) is 0.312. The smallest absolute Gasteiger partial charge is 0.340 e. The Bertz CT molecular complexity index is 1920. The third kappa shape index (κ3) is 6.10. The number of rotatable bonds is 6. The predicted molar refractivity (Wildman–Crippen MR) is 166 cm³/mol. The second-order valence-corrected chi connectivity index (χ2v) is 11.3. The number of nitrogens with one attached hydrogen (secondary N) is 1. The van der Waals surface area contributed by atoms with Crippen molar-refractivity contribution < 1.29 is 18.3 Å². The fourth-order valence-corrected chi connectivity index (χ4v) is 5.76. The third-order valence-corrected chi connectivity index (χ3v) is 8.08. The molecule has 232 valence electrons. The predicted octanol–water partition coefficient (Wildman–Crippen LogP) is 6.58. The van der Waals surface area contributed by atoms with Crippen LogP contribution in [0.4, 0.5) is 10.1 Å². The van der Waals surface area contributed by atoms with Gasteiger partial charge in [-0.05, 0) is 69.2 Å².